The lowest BCUT2D eigenvalue weighted by molar-refractivity contribution is 0.661. The Morgan fingerprint density at radius 1 is 0.520 bits per heavy atom. The van der Waals surface area contributed by atoms with E-state index < -0.39 is 0 Å². The molecular formula is C44H30N6. The fraction of sp³-hybridized carbons (Fsp3) is 0.0227. The van der Waals surface area contributed by atoms with Crippen LogP contribution in [0, 0.1) is 0 Å². The smallest absolute Gasteiger partial charge is 0.211 e. The molecule has 1 atom stereocenters. The third kappa shape index (κ3) is 4.39. The molecule has 1 aliphatic heterocycles. The molecule has 0 amide bonds. The van der Waals surface area contributed by atoms with Gasteiger partial charge in [-0.05, 0) is 41.5 Å². The van der Waals surface area contributed by atoms with Crippen LogP contribution >= 0.6 is 0 Å². The normalized spacial score (nSPS) is 14.6. The largest absolute Gasteiger partial charge is 0.330 e. The number of fused-ring (bicyclic) bond motifs is 6. The Morgan fingerprint density at radius 2 is 1.18 bits per heavy atom. The highest BCUT2D eigenvalue weighted by Crippen LogP contribution is 2.42. The van der Waals surface area contributed by atoms with Crippen LogP contribution in [0.2, 0.25) is 0 Å². The molecule has 4 heterocycles. The molecular weight excluding hydrogens is 613 g/mol. The van der Waals surface area contributed by atoms with Crippen molar-refractivity contribution in [3.05, 3.63) is 181 Å². The fourth-order valence-corrected chi connectivity index (χ4v) is 7.52. The number of nitrogens with one attached hydrogen (secondary N) is 1. The molecule has 9 aromatic rings. The summed E-state index contributed by atoms with van der Waals surface area (Å²) in [6.45, 7) is 0. The van der Waals surface area contributed by atoms with Gasteiger partial charge in [-0.25, -0.2) is 4.99 Å². The van der Waals surface area contributed by atoms with Crippen molar-refractivity contribution in [2.45, 2.75) is 6.17 Å². The number of rotatable bonds is 4. The molecule has 0 aliphatic carbocycles. The third-order valence-corrected chi connectivity index (χ3v) is 9.68. The van der Waals surface area contributed by atoms with Gasteiger partial charge in [0.25, 0.3) is 0 Å². The molecule has 6 heteroatoms. The molecule has 6 nitrogen and oxygen atoms in total. The first-order valence-electron chi connectivity index (χ1n) is 16.8. The number of hydrogen-bond acceptors (Lipinski definition) is 4. The van der Waals surface area contributed by atoms with E-state index >= 15 is 0 Å². The van der Waals surface area contributed by atoms with Gasteiger partial charge in [0, 0.05) is 50.8 Å². The van der Waals surface area contributed by atoms with Gasteiger partial charge in [-0.2, -0.15) is 4.99 Å². The van der Waals surface area contributed by atoms with E-state index in [2.05, 4.69) is 153 Å². The molecule has 50 heavy (non-hydrogen) atoms. The van der Waals surface area contributed by atoms with E-state index in [0.29, 0.717) is 5.84 Å². The average molecular weight is 643 g/mol. The van der Waals surface area contributed by atoms with Crippen molar-refractivity contribution in [1.29, 1.82) is 0 Å². The van der Waals surface area contributed by atoms with Gasteiger partial charge in [0.2, 0.25) is 5.96 Å². The Morgan fingerprint density at radius 3 is 2.02 bits per heavy atom. The van der Waals surface area contributed by atoms with Gasteiger partial charge in [0.05, 0.1) is 22.1 Å². The summed E-state index contributed by atoms with van der Waals surface area (Å²) >= 11 is 0. The predicted molar refractivity (Wildman–Crippen MR) is 205 cm³/mol. The molecule has 6 aromatic carbocycles. The number of hydrogen-bond donors (Lipinski definition) is 1. The standard InChI is InChI=1S/C44H30N6/c1-4-14-29(15-5-1)42-46-43(30-16-6-2-7-17-30)48-44(47-42)50-37-24-11-10-20-35(37)40-32(21-13-25-39(40)50)33-22-12-23-34-36-28-45-27-26-38(36)49(41(33)34)31-18-8-3-9-19-31/h1-28,42H,(H,46,47,48). The van der Waals surface area contributed by atoms with Crippen LogP contribution < -0.4 is 5.32 Å². The molecule has 236 valence electrons. The maximum absolute atomic E-state index is 5.21. The summed E-state index contributed by atoms with van der Waals surface area (Å²) in [6.07, 6.45) is 3.56. The van der Waals surface area contributed by atoms with Crippen LogP contribution in [-0.4, -0.2) is 25.9 Å². The highest BCUT2D eigenvalue weighted by molar-refractivity contribution is 6.23. The van der Waals surface area contributed by atoms with E-state index in [4.69, 9.17) is 9.98 Å². The van der Waals surface area contributed by atoms with E-state index in [1.807, 2.05) is 36.7 Å². The van der Waals surface area contributed by atoms with Crippen molar-refractivity contribution in [3.8, 4) is 16.8 Å². The molecule has 0 saturated carbocycles. The van der Waals surface area contributed by atoms with E-state index in [-0.39, 0.29) is 6.17 Å². The zero-order valence-corrected chi connectivity index (χ0v) is 27.0. The van der Waals surface area contributed by atoms with Crippen molar-refractivity contribution >= 4 is 55.4 Å². The van der Waals surface area contributed by atoms with Gasteiger partial charge >= 0.3 is 0 Å². The van der Waals surface area contributed by atoms with Crippen LogP contribution in [0.15, 0.2) is 180 Å². The zero-order valence-electron chi connectivity index (χ0n) is 27.0. The number of aromatic nitrogens is 3. The summed E-state index contributed by atoms with van der Waals surface area (Å²) in [6, 6.07) is 55.1. The van der Waals surface area contributed by atoms with Gasteiger partial charge < -0.3 is 9.88 Å². The van der Waals surface area contributed by atoms with Crippen LogP contribution in [0.1, 0.15) is 17.3 Å². The molecule has 0 radical (unpaired) electrons. The summed E-state index contributed by atoms with van der Waals surface area (Å²) in [4.78, 5) is 14.8. The van der Waals surface area contributed by atoms with Crippen LogP contribution in [0.3, 0.4) is 0 Å². The number of benzene rings is 6. The van der Waals surface area contributed by atoms with Crippen molar-refractivity contribution in [2.75, 3.05) is 0 Å². The predicted octanol–water partition coefficient (Wildman–Crippen LogP) is 9.91. The minimum Gasteiger partial charge on any atom is -0.330 e. The SMILES string of the molecule is c1ccc(C2=NC(c3ccccc3)NC(n3c4ccccc4c4c(-c5cccc6c7cnccc7n(-c7ccccc7)c56)cccc43)=N2)cc1. The van der Waals surface area contributed by atoms with Crippen LogP contribution in [-0.2, 0) is 0 Å². The minimum absolute atomic E-state index is 0.303. The summed E-state index contributed by atoms with van der Waals surface area (Å²) in [5, 5.41) is 8.33. The molecule has 10 rings (SSSR count). The van der Waals surface area contributed by atoms with Gasteiger partial charge in [0.1, 0.15) is 6.17 Å². The molecule has 0 spiro atoms. The van der Waals surface area contributed by atoms with Gasteiger partial charge in [0.15, 0.2) is 5.84 Å². The number of para-hydroxylation sites is 3. The topological polar surface area (TPSA) is 59.5 Å². The average Bonchev–Trinajstić information content (AvgIpc) is 3.72. The number of pyridine rings is 1. The minimum atomic E-state index is -0.303. The van der Waals surface area contributed by atoms with E-state index in [9.17, 15) is 0 Å². The summed E-state index contributed by atoms with van der Waals surface area (Å²) in [5.74, 6) is 1.43. The van der Waals surface area contributed by atoms with Crippen LogP contribution in [0.5, 0.6) is 0 Å². The monoisotopic (exact) mass is 642 g/mol. The summed E-state index contributed by atoms with van der Waals surface area (Å²) in [7, 11) is 0. The van der Waals surface area contributed by atoms with Crippen molar-refractivity contribution < 1.29 is 0 Å². The first-order chi connectivity index (χ1) is 24.8. The molecule has 1 aliphatic rings. The first-order valence-corrected chi connectivity index (χ1v) is 16.8. The number of amidine groups is 1. The maximum Gasteiger partial charge on any atom is 0.211 e. The fourth-order valence-electron chi connectivity index (χ4n) is 7.52. The Bertz CT molecular complexity index is 2780. The Kier molecular flexibility index (Phi) is 6.45. The molecule has 1 unspecified atom stereocenters. The molecule has 0 saturated heterocycles. The second kappa shape index (κ2) is 11.4. The van der Waals surface area contributed by atoms with Crippen LogP contribution in [0.25, 0.3) is 60.4 Å². The highest BCUT2D eigenvalue weighted by Gasteiger charge is 2.26. The molecule has 0 bridgehead atoms. The Labute approximate surface area is 288 Å². The van der Waals surface area contributed by atoms with Crippen molar-refractivity contribution in [3.63, 3.8) is 0 Å². The zero-order chi connectivity index (χ0) is 33.0. The van der Waals surface area contributed by atoms with Crippen LogP contribution in [0.4, 0.5) is 0 Å². The maximum atomic E-state index is 5.21. The Hall–Kier alpha value is -6.79. The lowest BCUT2D eigenvalue weighted by Gasteiger charge is -2.24. The van der Waals surface area contributed by atoms with E-state index in [0.717, 1.165) is 66.7 Å². The first kappa shape index (κ1) is 28.2. The number of aliphatic imine (C=N–C) groups is 2. The van der Waals surface area contributed by atoms with Gasteiger partial charge in [-0.3, -0.25) is 9.55 Å². The third-order valence-electron chi connectivity index (χ3n) is 9.68. The second-order valence-corrected chi connectivity index (χ2v) is 12.5. The summed E-state index contributed by atoms with van der Waals surface area (Å²) < 4.78 is 4.64. The van der Waals surface area contributed by atoms with E-state index in [1.54, 1.807) is 0 Å². The van der Waals surface area contributed by atoms with E-state index in [1.165, 1.54) is 10.8 Å². The van der Waals surface area contributed by atoms with Crippen molar-refractivity contribution in [2.24, 2.45) is 9.98 Å². The Balaban J connectivity index is 1.26. The van der Waals surface area contributed by atoms with Gasteiger partial charge in [-0.1, -0.05) is 127 Å². The molecule has 3 aromatic heterocycles. The lowest BCUT2D eigenvalue weighted by atomic mass is 9.97. The summed E-state index contributed by atoms with van der Waals surface area (Å²) in [5.41, 5.74) is 9.90. The van der Waals surface area contributed by atoms with Crippen molar-refractivity contribution in [1.82, 2.24) is 19.4 Å². The molecule has 1 N–H and O–H groups in total. The van der Waals surface area contributed by atoms with Gasteiger partial charge in [-0.15, -0.1) is 0 Å². The molecule has 0 fully saturated rings. The highest BCUT2D eigenvalue weighted by atomic mass is 15.3. The quantitative estimate of drug-likeness (QED) is 0.208. The number of nitrogens with zero attached hydrogens (tertiary/aromatic N) is 5. The lowest BCUT2D eigenvalue weighted by Crippen LogP contribution is -2.37. The second-order valence-electron chi connectivity index (χ2n) is 12.5.